The average molecular weight is 385 g/mol. The van der Waals surface area contributed by atoms with Crippen LogP contribution in [0.25, 0.3) is 0 Å². The van der Waals surface area contributed by atoms with Crippen molar-refractivity contribution >= 4 is 23.2 Å². The Morgan fingerprint density at radius 1 is 0.692 bits per heavy atom. The minimum absolute atomic E-state index is 0. The van der Waals surface area contributed by atoms with Crippen LogP contribution in [0.2, 0.25) is 0 Å². The van der Waals surface area contributed by atoms with Gasteiger partial charge in [-0.25, -0.2) is 0 Å². The van der Waals surface area contributed by atoms with Crippen LogP contribution in [-0.4, -0.2) is 13.5 Å². The number of hydrogen-bond donors (Lipinski definition) is 0. The van der Waals surface area contributed by atoms with E-state index in [0.29, 0.717) is 6.35 Å². The molecule has 0 saturated heterocycles. The van der Waals surface area contributed by atoms with Crippen LogP contribution in [0.15, 0.2) is 72.8 Å². The van der Waals surface area contributed by atoms with Crippen molar-refractivity contribution in [1.29, 1.82) is 0 Å². The molecule has 0 saturated carbocycles. The highest BCUT2D eigenvalue weighted by atomic mass is 35.5. The molecule has 3 aromatic carbocycles. The average Bonchev–Trinajstić information content (AvgIpc) is 2.66. The van der Waals surface area contributed by atoms with Crippen molar-refractivity contribution < 1.29 is 17.1 Å². The predicted molar refractivity (Wildman–Crippen MR) is 111 cm³/mol. The summed E-state index contributed by atoms with van der Waals surface area (Å²) >= 11 is 0. The Hall–Kier alpha value is -1.66. The Morgan fingerprint density at radius 2 is 1.19 bits per heavy atom. The molecular formula is C23H26ClOP. The molecule has 136 valence electrons. The third-order valence-electron chi connectivity index (χ3n) is 5.16. The lowest BCUT2D eigenvalue weighted by atomic mass is 10.1. The van der Waals surface area contributed by atoms with Crippen molar-refractivity contribution in [3.8, 4) is 0 Å². The van der Waals surface area contributed by atoms with Crippen molar-refractivity contribution in [2.45, 2.75) is 20.8 Å². The Kier molecular flexibility index (Phi) is 7.01. The quantitative estimate of drug-likeness (QED) is 0.606. The van der Waals surface area contributed by atoms with Gasteiger partial charge in [0, 0.05) is 7.11 Å². The Morgan fingerprint density at radius 3 is 1.65 bits per heavy atom. The predicted octanol–water partition coefficient (Wildman–Crippen LogP) is 1.51. The maximum Gasteiger partial charge on any atom is 0.170 e. The third-order valence-corrected chi connectivity index (χ3v) is 9.47. The molecule has 0 unspecified atom stereocenters. The second-order valence-electron chi connectivity index (χ2n) is 6.55. The molecule has 3 aromatic rings. The highest BCUT2D eigenvalue weighted by molar-refractivity contribution is 7.95. The zero-order valence-electron chi connectivity index (χ0n) is 15.9. The van der Waals surface area contributed by atoms with Gasteiger partial charge in [-0.05, 0) is 67.8 Å². The first-order chi connectivity index (χ1) is 12.1. The van der Waals surface area contributed by atoms with Gasteiger partial charge in [-0.3, -0.25) is 0 Å². The zero-order chi connectivity index (χ0) is 17.9. The van der Waals surface area contributed by atoms with Crippen LogP contribution in [0.4, 0.5) is 0 Å². The molecule has 0 aliphatic rings. The molecule has 0 aliphatic heterocycles. The molecule has 0 N–H and O–H groups in total. The lowest BCUT2D eigenvalue weighted by molar-refractivity contribution is -0.00000533. The molecule has 0 spiro atoms. The standard InChI is InChI=1S/C23H26OP.ClH/c1-18-15-16-23(20(3)19(18)2)25(17-24-4,21-11-7-5-8-12-21)22-13-9-6-10-14-22;/h5-16H,17H2,1-4H3;1H/q+1;/p-1. The first-order valence-corrected chi connectivity index (χ1v) is 10.6. The second kappa shape index (κ2) is 8.82. The highest BCUT2D eigenvalue weighted by Gasteiger charge is 2.46. The van der Waals surface area contributed by atoms with Crippen LogP contribution in [-0.2, 0) is 4.74 Å². The van der Waals surface area contributed by atoms with Crippen LogP contribution < -0.4 is 28.3 Å². The van der Waals surface area contributed by atoms with Gasteiger partial charge >= 0.3 is 0 Å². The summed E-state index contributed by atoms with van der Waals surface area (Å²) in [6.07, 6.45) is 0.713. The van der Waals surface area contributed by atoms with Gasteiger partial charge in [0.25, 0.3) is 0 Å². The van der Waals surface area contributed by atoms with Gasteiger partial charge in [-0.15, -0.1) is 0 Å². The molecule has 3 rings (SSSR count). The molecule has 0 radical (unpaired) electrons. The molecular weight excluding hydrogens is 359 g/mol. The zero-order valence-corrected chi connectivity index (χ0v) is 17.5. The van der Waals surface area contributed by atoms with Crippen LogP contribution >= 0.6 is 7.26 Å². The van der Waals surface area contributed by atoms with Gasteiger partial charge in [0.05, 0.1) is 0 Å². The van der Waals surface area contributed by atoms with E-state index in [9.17, 15) is 0 Å². The molecule has 26 heavy (non-hydrogen) atoms. The summed E-state index contributed by atoms with van der Waals surface area (Å²) in [5, 5.41) is 4.17. The summed E-state index contributed by atoms with van der Waals surface area (Å²) in [5.41, 5.74) is 4.11. The van der Waals surface area contributed by atoms with Gasteiger partial charge < -0.3 is 17.1 Å². The fraction of sp³-hybridized carbons (Fsp3) is 0.217. The van der Waals surface area contributed by atoms with E-state index in [1.807, 2.05) is 7.11 Å². The molecule has 0 aromatic heterocycles. The SMILES string of the molecule is COC[P+](c1ccccc1)(c1ccccc1)c1ccc(C)c(C)c1C.[Cl-]. The maximum atomic E-state index is 5.85. The van der Waals surface area contributed by atoms with Crippen molar-refractivity contribution in [1.82, 2.24) is 0 Å². The van der Waals surface area contributed by atoms with Crippen LogP contribution in [0, 0.1) is 20.8 Å². The van der Waals surface area contributed by atoms with Gasteiger partial charge in [0.1, 0.15) is 23.2 Å². The molecule has 1 nitrogen and oxygen atoms in total. The van der Waals surface area contributed by atoms with Crippen LogP contribution in [0.1, 0.15) is 16.7 Å². The molecule has 0 amide bonds. The van der Waals surface area contributed by atoms with Crippen molar-refractivity contribution in [2.24, 2.45) is 0 Å². The van der Waals surface area contributed by atoms with E-state index in [2.05, 4.69) is 93.6 Å². The van der Waals surface area contributed by atoms with Gasteiger partial charge in [0.2, 0.25) is 0 Å². The Labute approximate surface area is 164 Å². The molecule has 0 bridgehead atoms. The number of halogens is 1. The summed E-state index contributed by atoms with van der Waals surface area (Å²) in [7, 11) is -0.0434. The Balaban J connectivity index is 0.00000243. The smallest absolute Gasteiger partial charge is 0.170 e. The highest BCUT2D eigenvalue weighted by Crippen LogP contribution is 2.56. The summed E-state index contributed by atoms with van der Waals surface area (Å²) in [4.78, 5) is 0. The minimum atomic E-state index is -1.86. The molecule has 0 fully saturated rings. The van der Waals surface area contributed by atoms with E-state index in [0.717, 1.165) is 0 Å². The minimum Gasteiger partial charge on any atom is -1.00 e. The lowest BCUT2D eigenvalue weighted by Crippen LogP contribution is -3.00. The molecule has 0 atom stereocenters. The Bertz CT molecular complexity index is 807. The monoisotopic (exact) mass is 384 g/mol. The third kappa shape index (κ3) is 3.58. The second-order valence-corrected chi connectivity index (χ2v) is 9.94. The number of ether oxygens (including phenoxy) is 1. The number of aryl methyl sites for hydroxylation is 1. The number of methoxy groups -OCH3 is 1. The molecule has 0 heterocycles. The largest absolute Gasteiger partial charge is 1.00 e. The first-order valence-electron chi connectivity index (χ1n) is 8.67. The van der Waals surface area contributed by atoms with E-state index in [-0.39, 0.29) is 12.4 Å². The number of benzene rings is 3. The van der Waals surface area contributed by atoms with Crippen molar-refractivity contribution in [2.75, 3.05) is 13.5 Å². The van der Waals surface area contributed by atoms with Crippen molar-refractivity contribution in [3.63, 3.8) is 0 Å². The van der Waals surface area contributed by atoms with Gasteiger partial charge in [-0.2, -0.15) is 0 Å². The first kappa shape index (κ1) is 20.6. The summed E-state index contributed by atoms with van der Waals surface area (Å²) < 4.78 is 5.85. The maximum absolute atomic E-state index is 5.85. The van der Waals surface area contributed by atoms with E-state index in [4.69, 9.17) is 4.74 Å². The molecule has 0 aliphatic carbocycles. The summed E-state index contributed by atoms with van der Waals surface area (Å²) in [6, 6.07) is 26.3. The van der Waals surface area contributed by atoms with E-state index in [1.165, 1.54) is 32.6 Å². The van der Waals surface area contributed by atoms with E-state index < -0.39 is 7.26 Å². The summed E-state index contributed by atoms with van der Waals surface area (Å²) in [6.45, 7) is 6.67. The van der Waals surface area contributed by atoms with Gasteiger partial charge in [0.15, 0.2) is 6.35 Å². The van der Waals surface area contributed by atoms with Crippen LogP contribution in [0.3, 0.4) is 0 Å². The fourth-order valence-corrected chi connectivity index (χ4v) is 7.67. The number of hydrogen-bond acceptors (Lipinski definition) is 1. The van der Waals surface area contributed by atoms with E-state index >= 15 is 0 Å². The van der Waals surface area contributed by atoms with E-state index in [1.54, 1.807) is 0 Å². The summed E-state index contributed by atoms with van der Waals surface area (Å²) in [5.74, 6) is 0. The fourth-order valence-electron chi connectivity index (χ4n) is 3.56. The topological polar surface area (TPSA) is 9.23 Å². The van der Waals surface area contributed by atoms with Crippen LogP contribution in [0.5, 0.6) is 0 Å². The normalized spacial score (nSPS) is 11.1. The molecule has 3 heteroatoms. The number of rotatable bonds is 5. The van der Waals surface area contributed by atoms with Crippen molar-refractivity contribution in [3.05, 3.63) is 89.5 Å². The van der Waals surface area contributed by atoms with Gasteiger partial charge in [-0.1, -0.05) is 42.5 Å². The lowest BCUT2D eigenvalue weighted by Gasteiger charge is -2.28.